The zero-order valence-corrected chi connectivity index (χ0v) is 14.8. The third-order valence-corrected chi connectivity index (χ3v) is 4.22. The molecular weight excluding hydrogens is 313 g/mol. The van der Waals surface area contributed by atoms with Crippen molar-refractivity contribution >= 4 is 5.97 Å². The van der Waals surface area contributed by atoms with Crippen LogP contribution in [-0.2, 0) is 16.0 Å². The summed E-state index contributed by atoms with van der Waals surface area (Å²) in [4.78, 5) is 26.6. The lowest BCUT2D eigenvalue weighted by Crippen LogP contribution is -2.49. The number of hydrogen-bond acceptors (Lipinski definition) is 5. The van der Waals surface area contributed by atoms with Crippen LogP contribution in [0.15, 0.2) is 10.9 Å². The molecule has 0 aliphatic carbocycles. The van der Waals surface area contributed by atoms with E-state index >= 15 is 0 Å². The third-order valence-electron chi connectivity index (χ3n) is 4.22. The number of ether oxygens (including phenoxy) is 1. The molecule has 1 aromatic heterocycles. The van der Waals surface area contributed by atoms with E-state index < -0.39 is 18.2 Å². The van der Waals surface area contributed by atoms with Gasteiger partial charge in [-0.15, -0.1) is 0 Å². The van der Waals surface area contributed by atoms with Crippen molar-refractivity contribution in [2.24, 2.45) is 5.92 Å². The van der Waals surface area contributed by atoms with Crippen LogP contribution in [0, 0.1) is 12.8 Å². The summed E-state index contributed by atoms with van der Waals surface area (Å²) < 4.78 is 19.0. The van der Waals surface area contributed by atoms with Crippen molar-refractivity contribution in [1.82, 2.24) is 14.7 Å². The van der Waals surface area contributed by atoms with Gasteiger partial charge in [-0.2, -0.15) is 5.10 Å². The zero-order valence-electron chi connectivity index (χ0n) is 14.8. The summed E-state index contributed by atoms with van der Waals surface area (Å²) in [6.07, 6.45) is 0.366. The van der Waals surface area contributed by atoms with Gasteiger partial charge in [0.15, 0.2) is 6.04 Å². The fraction of sp³-hybridized carbons (Fsp3) is 0.706. The van der Waals surface area contributed by atoms with Crippen molar-refractivity contribution in [3.05, 3.63) is 27.7 Å². The third kappa shape index (κ3) is 4.41. The van der Waals surface area contributed by atoms with E-state index in [9.17, 15) is 14.0 Å². The van der Waals surface area contributed by atoms with Crippen LogP contribution in [0.4, 0.5) is 4.39 Å². The Balaban J connectivity index is 2.23. The van der Waals surface area contributed by atoms with Gasteiger partial charge < -0.3 is 4.74 Å². The number of esters is 1. The van der Waals surface area contributed by atoms with Crippen LogP contribution in [0.25, 0.3) is 0 Å². The Labute approximate surface area is 141 Å². The summed E-state index contributed by atoms with van der Waals surface area (Å²) >= 11 is 0. The first kappa shape index (κ1) is 18.6. The number of alkyl halides is 1. The average molecular weight is 339 g/mol. The van der Waals surface area contributed by atoms with Crippen LogP contribution in [0.2, 0.25) is 0 Å². The van der Waals surface area contributed by atoms with Gasteiger partial charge >= 0.3 is 5.97 Å². The Kier molecular flexibility index (Phi) is 6.10. The summed E-state index contributed by atoms with van der Waals surface area (Å²) in [5, 5.41) is 4.39. The number of halogens is 1. The van der Waals surface area contributed by atoms with Gasteiger partial charge in [0.05, 0.1) is 12.8 Å². The molecule has 0 aromatic carbocycles. The van der Waals surface area contributed by atoms with Crippen molar-refractivity contribution in [3.63, 3.8) is 0 Å². The predicted molar refractivity (Wildman–Crippen MR) is 88.8 cm³/mol. The molecule has 0 N–H and O–H groups in total. The van der Waals surface area contributed by atoms with Crippen LogP contribution in [0.1, 0.15) is 37.6 Å². The Morgan fingerprint density at radius 1 is 1.46 bits per heavy atom. The van der Waals surface area contributed by atoms with E-state index in [0.717, 1.165) is 5.69 Å². The van der Waals surface area contributed by atoms with Gasteiger partial charge in [0.25, 0.3) is 5.56 Å². The largest absolute Gasteiger partial charge is 0.467 e. The second-order valence-corrected chi connectivity index (χ2v) is 6.84. The predicted octanol–water partition coefficient (Wildman–Crippen LogP) is 1.51. The molecule has 24 heavy (non-hydrogen) atoms. The maximum absolute atomic E-state index is 12.9. The first-order valence-corrected chi connectivity index (χ1v) is 8.35. The van der Waals surface area contributed by atoms with Gasteiger partial charge in [-0.3, -0.25) is 9.69 Å². The highest BCUT2D eigenvalue weighted by Gasteiger charge is 2.27. The lowest BCUT2D eigenvalue weighted by Gasteiger charge is -2.34. The van der Waals surface area contributed by atoms with E-state index in [0.29, 0.717) is 38.0 Å². The van der Waals surface area contributed by atoms with E-state index in [-0.39, 0.29) is 11.5 Å². The summed E-state index contributed by atoms with van der Waals surface area (Å²) in [6.45, 7) is 7.28. The lowest BCUT2D eigenvalue weighted by molar-refractivity contribution is -0.145. The van der Waals surface area contributed by atoms with Crippen molar-refractivity contribution in [2.45, 2.75) is 45.8 Å². The monoisotopic (exact) mass is 339 g/mol. The summed E-state index contributed by atoms with van der Waals surface area (Å²) in [5.74, 6) is -0.243. The highest BCUT2D eigenvalue weighted by atomic mass is 19.1. The van der Waals surface area contributed by atoms with Crippen molar-refractivity contribution in [1.29, 1.82) is 0 Å². The Hall–Kier alpha value is -1.76. The van der Waals surface area contributed by atoms with Crippen LogP contribution < -0.4 is 5.56 Å². The number of aromatic nitrogens is 2. The Morgan fingerprint density at radius 2 is 2.12 bits per heavy atom. The Morgan fingerprint density at radius 3 is 2.67 bits per heavy atom. The Bertz CT molecular complexity index is 638. The summed E-state index contributed by atoms with van der Waals surface area (Å²) in [5.41, 5.74) is 0.999. The molecule has 2 heterocycles. The SMILES string of the molecule is COC(=O)[C@H](CC(C)C)n1nc(CCN2CC(F)C2)cc(C)c1=O. The van der Waals surface area contributed by atoms with Gasteiger partial charge in [0.2, 0.25) is 0 Å². The van der Waals surface area contributed by atoms with Gasteiger partial charge in [0, 0.05) is 31.6 Å². The molecule has 0 bridgehead atoms. The number of methoxy groups -OCH3 is 1. The van der Waals surface area contributed by atoms with Gasteiger partial charge in [-0.25, -0.2) is 13.9 Å². The summed E-state index contributed by atoms with van der Waals surface area (Å²) in [6, 6.07) is 1.02. The molecule has 1 saturated heterocycles. The maximum atomic E-state index is 12.9. The number of hydrogen-bond donors (Lipinski definition) is 0. The first-order chi connectivity index (χ1) is 11.3. The fourth-order valence-electron chi connectivity index (χ4n) is 2.88. The van der Waals surface area contributed by atoms with Gasteiger partial charge in [-0.05, 0) is 25.3 Å². The number of likely N-dealkylation sites (tertiary alicyclic amines) is 1. The molecule has 1 aromatic rings. The van der Waals surface area contributed by atoms with Crippen LogP contribution in [-0.4, -0.2) is 53.6 Å². The molecule has 1 fully saturated rings. The quantitative estimate of drug-likeness (QED) is 0.705. The van der Waals surface area contributed by atoms with E-state index in [1.807, 2.05) is 18.7 Å². The van der Waals surface area contributed by atoms with E-state index in [1.165, 1.54) is 11.8 Å². The second kappa shape index (κ2) is 7.88. The molecule has 1 atom stereocenters. The molecular formula is C17H26FN3O3. The number of rotatable bonds is 7. The molecule has 0 spiro atoms. The van der Waals surface area contributed by atoms with E-state index in [2.05, 4.69) is 5.10 Å². The van der Waals surface area contributed by atoms with Crippen LogP contribution in [0.5, 0.6) is 0 Å². The molecule has 2 rings (SSSR count). The molecule has 1 aliphatic heterocycles. The minimum Gasteiger partial charge on any atom is -0.467 e. The topological polar surface area (TPSA) is 64.4 Å². The minimum absolute atomic E-state index is 0.217. The van der Waals surface area contributed by atoms with Crippen LogP contribution in [0.3, 0.4) is 0 Å². The number of carbonyl (C=O) groups is 1. The van der Waals surface area contributed by atoms with E-state index in [4.69, 9.17) is 4.74 Å². The lowest BCUT2D eigenvalue weighted by atomic mass is 10.0. The van der Waals surface area contributed by atoms with Crippen molar-refractivity contribution in [3.8, 4) is 0 Å². The first-order valence-electron chi connectivity index (χ1n) is 8.35. The smallest absolute Gasteiger partial charge is 0.330 e. The molecule has 7 heteroatoms. The standard InChI is InChI=1S/C17H26FN3O3/c1-11(2)7-15(17(23)24-4)21-16(22)12(3)8-14(19-21)5-6-20-9-13(18)10-20/h8,11,13,15H,5-7,9-10H2,1-4H3/t15-/m0/s1. The average Bonchev–Trinajstić information content (AvgIpc) is 2.50. The number of aryl methyl sites for hydroxylation is 1. The zero-order chi connectivity index (χ0) is 17.9. The highest BCUT2D eigenvalue weighted by Crippen LogP contribution is 2.18. The minimum atomic E-state index is -0.733. The highest BCUT2D eigenvalue weighted by molar-refractivity contribution is 5.73. The van der Waals surface area contributed by atoms with Crippen LogP contribution >= 0.6 is 0 Å². The molecule has 134 valence electrons. The molecule has 6 nitrogen and oxygen atoms in total. The molecule has 0 amide bonds. The summed E-state index contributed by atoms with van der Waals surface area (Å²) in [7, 11) is 1.31. The van der Waals surface area contributed by atoms with E-state index in [1.54, 1.807) is 13.0 Å². The van der Waals surface area contributed by atoms with Crippen molar-refractivity contribution in [2.75, 3.05) is 26.7 Å². The molecule has 0 radical (unpaired) electrons. The second-order valence-electron chi connectivity index (χ2n) is 6.84. The van der Waals surface area contributed by atoms with Gasteiger partial charge in [0.1, 0.15) is 6.17 Å². The molecule has 0 unspecified atom stereocenters. The maximum Gasteiger partial charge on any atom is 0.330 e. The van der Waals surface area contributed by atoms with Crippen molar-refractivity contribution < 1.29 is 13.9 Å². The normalized spacial score (nSPS) is 16.9. The molecule has 1 aliphatic rings. The molecule has 0 saturated carbocycles. The number of nitrogens with zero attached hydrogens (tertiary/aromatic N) is 3. The fourth-order valence-corrected chi connectivity index (χ4v) is 2.88. The van der Waals surface area contributed by atoms with Gasteiger partial charge in [-0.1, -0.05) is 13.8 Å². The number of carbonyl (C=O) groups excluding carboxylic acids is 1.